The van der Waals surface area contributed by atoms with E-state index in [1.807, 2.05) is 6.07 Å². The predicted molar refractivity (Wildman–Crippen MR) is 156 cm³/mol. The van der Waals surface area contributed by atoms with E-state index in [0.29, 0.717) is 11.1 Å². The van der Waals surface area contributed by atoms with Crippen LogP contribution < -0.4 is 4.90 Å². The molecule has 0 radical (unpaired) electrons. The lowest BCUT2D eigenvalue weighted by Gasteiger charge is -2.43. The Balaban J connectivity index is 1.57. The number of carbonyl (C=O) groups excluding carboxylic acids is 4. The van der Waals surface area contributed by atoms with Crippen molar-refractivity contribution in [3.05, 3.63) is 112 Å². The van der Waals surface area contributed by atoms with Crippen molar-refractivity contribution in [3.63, 3.8) is 0 Å². The summed E-state index contributed by atoms with van der Waals surface area (Å²) in [6, 6.07) is 17.1. The van der Waals surface area contributed by atoms with Gasteiger partial charge in [0.25, 0.3) is 11.8 Å². The van der Waals surface area contributed by atoms with E-state index >= 15 is 0 Å². The van der Waals surface area contributed by atoms with Gasteiger partial charge in [0.2, 0.25) is 0 Å². The fraction of sp³-hybridized carbons (Fsp3) is 0.242. The number of alkyl halides is 3. The number of hydrogen-bond donors (Lipinski definition) is 0. The topological polar surface area (TPSA) is 111 Å². The minimum atomic E-state index is -4.69. The Bertz CT molecular complexity index is 1730. The number of anilines is 1. The van der Waals surface area contributed by atoms with Crippen LogP contribution in [0.15, 0.2) is 84.1 Å². The van der Waals surface area contributed by atoms with Crippen LogP contribution in [-0.2, 0) is 15.7 Å². The van der Waals surface area contributed by atoms with Crippen LogP contribution in [0.2, 0.25) is 0 Å². The van der Waals surface area contributed by atoms with Gasteiger partial charge in [-0.2, -0.15) is 18.4 Å². The van der Waals surface area contributed by atoms with Crippen molar-refractivity contribution in [2.75, 3.05) is 24.6 Å². The number of halogens is 3. The Labute approximate surface area is 256 Å². The molecule has 230 valence electrons. The van der Waals surface area contributed by atoms with E-state index in [-0.39, 0.29) is 54.2 Å². The zero-order chi connectivity index (χ0) is 32.5. The first-order valence-corrected chi connectivity index (χ1v) is 14.1. The van der Waals surface area contributed by atoms with Crippen molar-refractivity contribution in [1.29, 1.82) is 5.26 Å². The standard InChI is InChI=1S/C33H27F3N4O5/c1-3-45-31(43)27-20(2)40(24-9-6-8-23(18-24)33(34,35)36)32(44)38(28(27)22-14-12-21(19-37)13-15-22)16-7-17-39-29(41)25-10-4-5-11-26(25)30(39)42/h4-6,8-15,18,28H,3,7,16-17H2,1-2H3/t28-/m1/s1. The minimum Gasteiger partial charge on any atom is -0.463 e. The van der Waals surface area contributed by atoms with Gasteiger partial charge in [-0.15, -0.1) is 0 Å². The zero-order valence-electron chi connectivity index (χ0n) is 24.3. The Kier molecular flexibility index (Phi) is 8.46. The molecular weight excluding hydrogens is 589 g/mol. The quantitative estimate of drug-likeness (QED) is 0.224. The highest BCUT2D eigenvalue weighted by molar-refractivity contribution is 6.21. The molecule has 3 aromatic rings. The van der Waals surface area contributed by atoms with Gasteiger partial charge in [-0.1, -0.05) is 30.3 Å². The van der Waals surface area contributed by atoms with E-state index in [0.717, 1.165) is 21.9 Å². The first-order valence-electron chi connectivity index (χ1n) is 14.1. The number of allylic oxidation sites excluding steroid dienone is 1. The lowest BCUT2D eigenvalue weighted by molar-refractivity contribution is -0.139. The highest BCUT2D eigenvalue weighted by atomic mass is 19.4. The molecule has 2 heterocycles. The van der Waals surface area contributed by atoms with Crippen LogP contribution in [-0.4, -0.2) is 53.3 Å². The summed E-state index contributed by atoms with van der Waals surface area (Å²) in [6.07, 6.45) is -4.59. The van der Waals surface area contributed by atoms with Gasteiger partial charge < -0.3 is 9.64 Å². The number of hydrogen-bond acceptors (Lipinski definition) is 6. The maximum Gasteiger partial charge on any atom is 0.416 e. The van der Waals surface area contributed by atoms with Crippen molar-refractivity contribution in [2.45, 2.75) is 32.5 Å². The summed E-state index contributed by atoms with van der Waals surface area (Å²) < 4.78 is 46.3. The Morgan fingerprint density at radius 2 is 1.58 bits per heavy atom. The predicted octanol–water partition coefficient (Wildman–Crippen LogP) is 6.08. The lowest BCUT2D eigenvalue weighted by atomic mass is 9.92. The lowest BCUT2D eigenvalue weighted by Crippen LogP contribution is -2.51. The van der Waals surface area contributed by atoms with Crippen molar-refractivity contribution in [1.82, 2.24) is 9.80 Å². The maximum atomic E-state index is 14.2. The normalized spacial score (nSPS) is 16.7. The number of urea groups is 1. The highest BCUT2D eigenvalue weighted by Crippen LogP contribution is 2.41. The number of amides is 4. The molecule has 0 unspecified atom stereocenters. The van der Waals surface area contributed by atoms with Gasteiger partial charge in [0.15, 0.2) is 0 Å². The van der Waals surface area contributed by atoms with Gasteiger partial charge in [0.1, 0.15) is 0 Å². The summed E-state index contributed by atoms with van der Waals surface area (Å²) in [5.41, 5.74) is 0.318. The van der Waals surface area contributed by atoms with Crippen LogP contribution in [0.5, 0.6) is 0 Å². The number of benzene rings is 3. The first kappa shape index (κ1) is 31.0. The van der Waals surface area contributed by atoms with E-state index in [1.54, 1.807) is 43.3 Å². The van der Waals surface area contributed by atoms with Crippen LogP contribution in [0.1, 0.15) is 63.7 Å². The van der Waals surface area contributed by atoms with Crippen LogP contribution >= 0.6 is 0 Å². The second-order valence-electron chi connectivity index (χ2n) is 10.4. The van der Waals surface area contributed by atoms with Crippen LogP contribution in [0, 0.1) is 11.3 Å². The number of nitriles is 1. The van der Waals surface area contributed by atoms with E-state index in [9.17, 15) is 37.6 Å². The molecule has 0 aliphatic carbocycles. The van der Waals surface area contributed by atoms with E-state index in [1.165, 1.54) is 36.1 Å². The third-order valence-electron chi connectivity index (χ3n) is 7.69. The monoisotopic (exact) mass is 616 g/mol. The summed E-state index contributed by atoms with van der Waals surface area (Å²) in [6.45, 7) is 2.90. The minimum absolute atomic E-state index is 0.00699. The Morgan fingerprint density at radius 1 is 0.933 bits per heavy atom. The van der Waals surface area contributed by atoms with Crippen LogP contribution in [0.3, 0.4) is 0 Å². The van der Waals surface area contributed by atoms with Gasteiger partial charge in [-0.3, -0.25) is 19.4 Å². The summed E-state index contributed by atoms with van der Waals surface area (Å²) in [5, 5.41) is 9.31. The average molecular weight is 617 g/mol. The molecule has 2 aliphatic rings. The number of ether oxygens (including phenoxy) is 1. The largest absolute Gasteiger partial charge is 0.463 e. The highest BCUT2D eigenvalue weighted by Gasteiger charge is 2.44. The molecule has 3 aromatic carbocycles. The van der Waals surface area contributed by atoms with Gasteiger partial charge >= 0.3 is 18.2 Å². The fourth-order valence-electron chi connectivity index (χ4n) is 5.60. The maximum absolute atomic E-state index is 14.2. The molecule has 2 aliphatic heterocycles. The average Bonchev–Trinajstić information content (AvgIpc) is 3.26. The van der Waals surface area contributed by atoms with Crippen molar-refractivity contribution in [3.8, 4) is 6.07 Å². The second-order valence-corrected chi connectivity index (χ2v) is 10.4. The molecule has 0 N–H and O–H groups in total. The third kappa shape index (κ3) is 5.76. The molecule has 9 nitrogen and oxygen atoms in total. The SMILES string of the molecule is CCOC(=O)C1=C(C)N(c2cccc(C(F)(F)F)c2)C(=O)N(CCCN2C(=O)c3ccccc3C2=O)[C@@H]1c1ccc(C#N)cc1. The molecule has 0 aromatic heterocycles. The number of nitrogens with zero attached hydrogens (tertiary/aromatic N) is 4. The molecule has 0 fully saturated rings. The molecule has 0 saturated carbocycles. The summed E-state index contributed by atoms with van der Waals surface area (Å²) in [7, 11) is 0. The molecular formula is C33H27F3N4O5. The van der Waals surface area contributed by atoms with Gasteiger partial charge in [-0.25, -0.2) is 9.59 Å². The molecule has 45 heavy (non-hydrogen) atoms. The number of rotatable bonds is 8. The third-order valence-corrected chi connectivity index (χ3v) is 7.69. The van der Waals surface area contributed by atoms with E-state index in [2.05, 4.69) is 0 Å². The number of carbonyl (C=O) groups is 4. The molecule has 0 spiro atoms. The molecule has 4 amide bonds. The van der Waals surface area contributed by atoms with E-state index < -0.39 is 41.6 Å². The molecule has 5 rings (SSSR count). The summed E-state index contributed by atoms with van der Waals surface area (Å²) in [4.78, 5) is 57.0. The molecule has 0 saturated heterocycles. The molecule has 1 atom stereocenters. The number of fused-ring (bicyclic) bond motifs is 1. The van der Waals surface area contributed by atoms with Crippen LogP contribution in [0.4, 0.5) is 23.7 Å². The van der Waals surface area contributed by atoms with Gasteiger partial charge in [-0.05, 0) is 68.3 Å². The van der Waals surface area contributed by atoms with Gasteiger partial charge in [0, 0.05) is 18.8 Å². The fourth-order valence-corrected chi connectivity index (χ4v) is 5.60. The van der Waals surface area contributed by atoms with Crippen molar-refractivity contribution >= 4 is 29.5 Å². The second kappa shape index (κ2) is 12.3. The zero-order valence-corrected chi connectivity index (χ0v) is 24.3. The Morgan fingerprint density at radius 3 is 2.16 bits per heavy atom. The van der Waals surface area contributed by atoms with Crippen molar-refractivity contribution in [2.24, 2.45) is 0 Å². The summed E-state index contributed by atoms with van der Waals surface area (Å²) >= 11 is 0. The smallest absolute Gasteiger partial charge is 0.416 e. The number of esters is 1. The summed E-state index contributed by atoms with van der Waals surface area (Å²) in [5.74, 6) is -1.73. The molecule has 12 heteroatoms. The van der Waals surface area contributed by atoms with E-state index in [4.69, 9.17) is 4.74 Å². The Hall–Kier alpha value is -5.44. The van der Waals surface area contributed by atoms with Crippen LogP contribution in [0.25, 0.3) is 0 Å². The van der Waals surface area contributed by atoms with Crippen molar-refractivity contribution < 1.29 is 37.1 Å². The van der Waals surface area contributed by atoms with Gasteiger partial charge in [0.05, 0.1) is 52.2 Å². The first-order chi connectivity index (χ1) is 21.5. The number of imide groups is 1. The molecule has 0 bridgehead atoms.